The molecule has 0 atom stereocenters. The molecule has 0 spiro atoms. The van der Waals surface area contributed by atoms with Gasteiger partial charge in [0, 0.05) is 11.9 Å². The molecule has 0 unspecified atom stereocenters. The van der Waals surface area contributed by atoms with Crippen LogP contribution in [-0.4, -0.2) is 15.9 Å². The van der Waals surface area contributed by atoms with Crippen molar-refractivity contribution in [2.75, 3.05) is 10.6 Å². The molecular formula is C20H19FN4O. The highest BCUT2D eigenvalue weighted by Gasteiger charge is 2.13. The Kier molecular flexibility index (Phi) is 5.22. The fourth-order valence-electron chi connectivity index (χ4n) is 2.53. The number of nitrogens with one attached hydrogen (secondary N) is 2. The smallest absolute Gasteiger partial charge is 0.274 e. The number of carbonyl (C=O) groups excluding carboxylic acids is 1. The summed E-state index contributed by atoms with van der Waals surface area (Å²) in [6.45, 7) is 4.12. The molecule has 0 saturated heterocycles. The fraction of sp³-hybridized carbons (Fsp3) is 0.150. The number of para-hydroxylation sites is 2. The molecule has 0 bridgehead atoms. The van der Waals surface area contributed by atoms with Gasteiger partial charge in [0.15, 0.2) is 0 Å². The lowest BCUT2D eigenvalue weighted by Gasteiger charge is -2.13. The second-order valence-electron chi connectivity index (χ2n) is 6.07. The van der Waals surface area contributed by atoms with Crippen LogP contribution in [0.1, 0.15) is 35.8 Å². The van der Waals surface area contributed by atoms with Crippen LogP contribution in [0.2, 0.25) is 0 Å². The van der Waals surface area contributed by atoms with Gasteiger partial charge in [0.2, 0.25) is 5.95 Å². The van der Waals surface area contributed by atoms with E-state index >= 15 is 0 Å². The Balaban J connectivity index is 1.80. The first kappa shape index (κ1) is 17.5. The molecule has 0 fully saturated rings. The average Bonchev–Trinajstić information content (AvgIpc) is 2.64. The van der Waals surface area contributed by atoms with E-state index in [4.69, 9.17) is 0 Å². The molecule has 0 aliphatic heterocycles. The second-order valence-corrected chi connectivity index (χ2v) is 6.07. The largest absolute Gasteiger partial charge is 0.322 e. The molecule has 5 nitrogen and oxygen atoms in total. The minimum absolute atomic E-state index is 0.153. The van der Waals surface area contributed by atoms with Gasteiger partial charge in [0.25, 0.3) is 5.91 Å². The van der Waals surface area contributed by atoms with Crippen LogP contribution in [0.25, 0.3) is 0 Å². The number of carbonyl (C=O) groups is 1. The van der Waals surface area contributed by atoms with Gasteiger partial charge in [-0.05, 0) is 35.7 Å². The molecule has 26 heavy (non-hydrogen) atoms. The Morgan fingerprint density at radius 1 is 1.00 bits per heavy atom. The number of anilines is 3. The number of hydrogen-bond acceptors (Lipinski definition) is 4. The zero-order valence-electron chi connectivity index (χ0n) is 14.5. The van der Waals surface area contributed by atoms with E-state index in [0.29, 0.717) is 0 Å². The number of benzene rings is 2. The number of amides is 1. The van der Waals surface area contributed by atoms with Crippen LogP contribution in [0.5, 0.6) is 0 Å². The molecule has 0 radical (unpaired) electrons. The zero-order valence-corrected chi connectivity index (χ0v) is 14.5. The number of hydrogen-bond donors (Lipinski definition) is 2. The summed E-state index contributed by atoms with van der Waals surface area (Å²) in [6.07, 6.45) is 1.46. The Morgan fingerprint density at radius 2 is 1.69 bits per heavy atom. The number of nitrogens with zero attached hydrogens (tertiary/aromatic N) is 2. The third kappa shape index (κ3) is 4.03. The van der Waals surface area contributed by atoms with Crippen LogP contribution < -0.4 is 10.6 Å². The molecular weight excluding hydrogens is 331 g/mol. The summed E-state index contributed by atoms with van der Waals surface area (Å²) >= 11 is 0. The predicted molar refractivity (Wildman–Crippen MR) is 100 cm³/mol. The number of halogens is 1. The van der Waals surface area contributed by atoms with Crippen molar-refractivity contribution < 1.29 is 9.18 Å². The van der Waals surface area contributed by atoms with Crippen molar-refractivity contribution in [3.05, 3.63) is 77.9 Å². The van der Waals surface area contributed by atoms with Crippen LogP contribution in [0, 0.1) is 5.82 Å². The molecule has 3 aromatic rings. The van der Waals surface area contributed by atoms with Crippen LogP contribution in [0.15, 0.2) is 60.8 Å². The van der Waals surface area contributed by atoms with E-state index < -0.39 is 5.82 Å². The normalized spacial score (nSPS) is 10.6. The van der Waals surface area contributed by atoms with E-state index in [9.17, 15) is 9.18 Å². The molecule has 2 N–H and O–H groups in total. The maximum Gasteiger partial charge on any atom is 0.274 e. The quantitative estimate of drug-likeness (QED) is 0.698. The lowest BCUT2D eigenvalue weighted by Crippen LogP contribution is -2.16. The van der Waals surface area contributed by atoms with E-state index in [1.54, 1.807) is 18.2 Å². The summed E-state index contributed by atoms with van der Waals surface area (Å²) in [5.74, 6) is -0.344. The summed E-state index contributed by atoms with van der Waals surface area (Å²) in [7, 11) is 0. The lowest BCUT2D eigenvalue weighted by atomic mass is 10.0. The van der Waals surface area contributed by atoms with E-state index in [-0.39, 0.29) is 29.2 Å². The highest BCUT2D eigenvalue weighted by atomic mass is 19.1. The van der Waals surface area contributed by atoms with Crippen molar-refractivity contribution in [2.45, 2.75) is 19.8 Å². The van der Waals surface area contributed by atoms with E-state index in [1.807, 2.05) is 24.3 Å². The summed E-state index contributed by atoms with van der Waals surface area (Å²) < 4.78 is 13.7. The number of rotatable bonds is 5. The van der Waals surface area contributed by atoms with Crippen molar-refractivity contribution >= 4 is 23.2 Å². The average molecular weight is 350 g/mol. The third-order valence-electron chi connectivity index (χ3n) is 3.84. The Labute approximate surface area is 151 Å². The predicted octanol–water partition coefficient (Wildman–Crippen LogP) is 4.74. The lowest BCUT2D eigenvalue weighted by molar-refractivity contribution is 0.102. The van der Waals surface area contributed by atoms with Crippen molar-refractivity contribution in [3.63, 3.8) is 0 Å². The molecule has 132 valence electrons. The summed E-state index contributed by atoms with van der Waals surface area (Å²) in [6, 6.07) is 15.4. The van der Waals surface area contributed by atoms with Gasteiger partial charge >= 0.3 is 0 Å². The molecule has 0 aliphatic carbocycles. The topological polar surface area (TPSA) is 66.9 Å². The van der Waals surface area contributed by atoms with Crippen molar-refractivity contribution in [2.24, 2.45) is 0 Å². The van der Waals surface area contributed by atoms with Gasteiger partial charge in [-0.3, -0.25) is 4.79 Å². The van der Waals surface area contributed by atoms with Gasteiger partial charge in [-0.25, -0.2) is 14.4 Å². The summed E-state index contributed by atoms with van der Waals surface area (Å²) in [5, 5.41) is 5.66. The summed E-state index contributed by atoms with van der Waals surface area (Å²) in [4.78, 5) is 20.8. The monoisotopic (exact) mass is 350 g/mol. The van der Waals surface area contributed by atoms with Gasteiger partial charge in [0.1, 0.15) is 11.5 Å². The van der Waals surface area contributed by atoms with Gasteiger partial charge in [-0.2, -0.15) is 0 Å². The minimum Gasteiger partial charge on any atom is -0.322 e. The molecule has 0 saturated carbocycles. The molecule has 6 heteroatoms. The Bertz CT molecular complexity index is 927. The molecule has 1 amide bonds. The van der Waals surface area contributed by atoms with E-state index in [0.717, 1.165) is 11.3 Å². The van der Waals surface area contributed by atoms with Crippen LogP contribution in [-0.2, 0) is 0 Å². The molecule has 3 rings (SSSR count). The van der Waals surface area contributed by atoms with Crippen LogP contribution in [0.3, 0.4) is 0 Å². The van der Waals surface area contributed by atoms with Crippen molar-refractivity contribution in [1.29, 1.82) is 0 Å². The molecule has 0 aliphatic rings. The third-order valence-corrected chi connectivity index (χ3v) is 3.84. The summed E-state index contributed by atoms with van der Waals surface area (Å²) in [5.41, 5.74) is 2.22. The van der Waals surface area contributed by atoms with Gasteiger partial charge in [-0.15, -0.1) is 0 Å². The molecule has 1 aromatic heterocycles. The second kappa shape index (κ2) is 7.74. The van der Waals surface area contributed by atoms with Gasteiger partial charge in [-0.1, -0.05) is 44.2 Å². The Morgan fingerprint density at radius 3 is 2.42 bits per heavy atom. The SMILES string of the molecule is CC(C)c1ccccc1NC(=O)c1ccnc(Nc2ccccc2F)n1. The fourth-order valence-corrected chi connectivity index (χ4v) is 2.53. The van der Waals surface area contributed by atoms with Crippen LogP contribution in [0.4, 0.5) is 21.7 Å². The first-order valence-electron chi connectivity index (χ1n) is 8.29. The maximum atomic E-state index is 13.7. The first-order chi connectivity index (χ1) is 12.5. The van der Waals surface area contributed by atoms with Crippen molar-refractivity contribution in [1.82, 2.24) is 9.97 Å². The zero-order chi connectivity index (χ0) is 18.5. The maximum absolute atomic E-state index is 13.7. The Hall–Kier alpha value is -3.28. The highest BCUT2D eigenvalue weighted by molar-refractivity contribution is 6.03. The van der Waals surface area contributed by atoms with Crippen molar-refractivity contribution in [3.8, 4) is 0 Å². The standard InChI is InChI=1S/C20H19FN4O/c1-13(2)14-7-3-5-9-16(14)23-19(26)18-11-12-22-20(25-18)24-17-10-6-4-8-15(17)21/h3-13H,1-2H3,(H,23,26)(H,22,24,25). The van der Waals surface area contributed by atoms with Gasteiger partial charge in [0.05, 0.1) is 5.69 Å². The molecule has 1 heterocycles. The molecule has 2 aromatic carbocycles. The van der Waals surface area contributed by atoms with E-state index in [1.165, 1.54) is 18.3 Å². The van der Waals surface area contributed by atoms with Crippen LogP contribution >= 0.6 is 0 Å². The minimum atomic E-state index is -0.420. The van der Waals surface area contributed by atoms with Gasteiger partial charge < -0.3 is 10.6 Å². The van der Waals surface area contributed by atoms with E-state index in [2.05, 4.69) is 34.4 Å². The first-order valence-corrected chi connectivity index (χ1v) is 8.29. The highest BCUT2D eigenvalue weighted by Crippen LogP contribution is 2.24. The number of aromatic nitrogens is 2.